The summed E-state index contributed by atoms with van der Waals surface area (Å²) in [7, 11) is 1.98. The van der Waals surface area contributed by atoms with Crippen LogP contribution in [-0.2, 0) is 9.59 Å². The molecule has 0 aliphatic heterocycles. The number of carbonyl (C=O) groups is 3. The van der Waals surface area contributed by atoms with E-state index in [0.717, 1.165) is 25.9 Å². The number of carboxylic acid groups (broad SMARTS) is 2. The van der Waals surface area contributed by atoms with Crippen LogP contribution in [0.3, 0.4) is 0 Å². The second-order valence-electron chi connectivity index (χ2n) is 8.50. The number of benzene rings is 1. The number of likely N-dealkylation sites (N-methyl/N-ethyl adjacent to an activating group) is 1. The number of halogens is 1. The van der Waals surface area contributed by atoms with Crippen LogP contribution in [0.2, 0.25) is 0 Å². The molecule has 1 rings (SSSR count). The molecular formula is C30H38FNO6. The molecule has 0 spiro atoms. The summed E-state index contributed by atoms with van der Waals surface area (Å²) in [6, 6.07) is 4.29. The van der Waals surface area contributed by atoms with Crippen molar-refractivity contribution in [1.29, 1.82) is 0 Å². The zero-order valence-corrected chi connectivity index (χ0v) is 22.5. The molecule has 0 bridgehead atoms. The van der Waals surface area contributed by atoms with Crippen LogP contribution in [-0.4, -0.2) is 59.6 Å². The molecule has 1 aromatic carbocycles. The molecule has 1 aromatic rings. The van der Waals surface area contributed by atoms with Gasteiger partial charge in [0.2, 0.25) is 0 Å². The average Bonchev–Trinajstić information content (AvgIpc) is 2.83. The Morgan fingerprint density at radius 3 is 2.24 bits per heavy atom. The van der Waals surface area contributed by atoms with Crippen LogP contribution in [0.15, 0.2) is 90.6 Å². The molecule has 0 radical (unpaired) electrons. The third kappa shape index (κ3) is 18.3. The van der Waals surface area contributed by atoms with Gasteiger partial charge in [0, 0.05) is 30.8 Å². The summed E-state index contributed by atoms with van der Waals surface area (Å²) in [5.74, 6) is -3.16. The van der Waals surface area contributed by atoms with Gasteiger partial charge in [0.1, 0.15) is 6.61 Å². The maximum atomic E-state index is 14.2. The fourth-order valence-electron chi connectivity index (χ4n) is 2.74. The van der Waals surface area contributed by atoms with Crippen molar-refractivity contribution >= 4 is 17.7 Å². The fourth-order valence-corrected chi connectivity index (χ4v) is 2.74. The van der Waals surface area contributed by atoms with Crippen molar-refractivity contribution in [3.63, 3.8) is 0 Å². The van der Waals surface area contributed by atoms with Crippen molar-refractivity contribution in [2.24, 2.45) is 0 Å². The number of aliphatic carboxylic acids is 2. The average molecular weight is 528 g/mol. The first-order valence-corrected chi connectivity index (χ1v) is 12.0. The van der Waals surface area contributed by atoms with Gasteiger partial charge in [-0.25, -0.2) is 14.0 Å². The predicted octanol–water partition coefficient (Wildman–Crippen LogP) is 6.02. The van der Waals surface area contributed by atoms with Gasteiger partial charge in [0.15, 0.2) is 17.3 Å². The molecule has 0 amide bonds. The van der Waals surface area contributed by atoms with Crippen molar-refractivity contribution in [1.82, 2.24) is 4.90 Å². The number of hydrogen-bond donors (Lipinski definition) is 2. The number of nitrogens with zero attached hydrogens (tertiary/aromatic N) is 1. The van der Waals surface area contributed by atoms with Crippen molar-refractivity contribution < 1.29 is 33.7 Å². The Labute approximate surface area is 224 Å². The van der Waals surface area contributed by atoms with Gasteiger partial charge < -0.3 is 14.9 Å². The Balaban J connectivity index is 0.00000147. The van der Waals surface area contributed by atoms with Crippen LogP contribution in [0, 0.1) is 5.82 Å². The van der Waals surface area contributed by atoms with E-state index in [9.17, 15) is 18.8 Å². The van der Waals surface area contributed by atoms with E-state index in [0.29, 0.717) is 17.7 Å². The lowest BCUT2D eigenvalue weighted by Crippen LogP contribution is -2.17. The maximum Gasteiger partial charge on any atom is 0.328 e. The van der Waals surface area contributed by atoms with E-state index in [1.165, 1.54) is 29.4 Å². The highest BCUT2D eigenvalue weighted by Crippen LogP contribution is 2.19. The molecule has 0 fully saturated rings. The molecule has 0 aromatic heterocycles. The third-order valence-corrected chi connectivity index (χ3v) is 4.66. The molecule has 8 heteroatoms. The van der Waals surface area contributed by atoms with Gasteiger partial charge >= 0.3 is 11.9 Å². The Bertz CT molecular complexity index is 1060. The maximum absolute atomic E-state index is 14.2. The quantitative estimate of drug-likeness (QED) is 0.124. The number of hydrogen-bond acceptors (Lipinski definition) is 5. The smallest absolute Gasteiger partial charge is 0.328 e. The first-order valence-electron chi connectivity index (χ1n) is 12.0. The molecule has 0 heterocycles. The molecule has 7 nitrogen and oxygen atoms in total. The zero-order chi connectivity index (χ0) is 28.9. The largest absolute Gasteiger partial charge is 0.486 e. The van der Waals surface area contributed by atoms with Gasteiger partial charge in [-0.1, -0.05) is 47.6 Å². The van der Waals surface area contributed by atoms with Crippen LogP contribution >= 0.6 is 0 Å². The van der Waals surface area contributed by atoms with Gasteiger partial charge in [-0.15, -0.1) is 6.58 Å². The third-order valence-electron chi connectivity index (χ3n) is 4.66. The second kappa shape index (κ2) is 20.1. The summed E-state index contributed by atoms with van der Waals surface area (Å²) in [6.07, 6.45) is 16.0. The van der Waals surface area contributed by atoms with Crippen LogP contribution in [0.4, 0.5) is 4.39 Å². The molecule has 0 aliphatic carbocycles. The van der Waals surface area contributed by atoms with Crippen molar-refractivity contribution in [3.05, 3.63) is 102 Å². The Morgan fingerprint density at radius 1 is 1.03 bits per heavy atom. The van der Waals surface area contributed by atoms with E-state index in [4.69, 9.17) is 14.9 Å². The van der Waals surface area contributed by atoms with E-state index in [1.54, 1.807) is 12.1 Å². The van der Waals surface area contributed by atoms with Crippen LogP contribution in [0.1, 0.15) is 44.0 Å². The highest BCUT2D eigenvalue weighted by molar-refractivity contribution is 6.04. The lowest BCUT2D eigenvalue weighted by atomic mass is 10.1. The summed E-state index contributed by atoms with van der Waals surface area (Å²) >= 11 is 0. The summed E-state index contributed by atoms with van der Waals surface area (Å²) in [5.41, 5.74) is 2.79. The van der Waals surface area contributed by atoms with Gasteiger partial charge in [-0.2, -0.15) is 0 Å². The second-order valence-corrected chi connectivity index (χ2v) is 8.50. The molecule has 0 saturated carbocycles. The molecule has 2 N–H and O–H groups in total. The summed E-state index contributed by atoms with van der Waals surface area (Å²) in [5, 5.41) is 15.6. The minimum absolute atomic E-state index is 0.134. The summed E-state index contributed by atoms with van der Waals surface area (Å²) in [4.78, 5) is 33.4. The first-order chi connectivity index (χ1) is 18.0. The molecule has 206 valence electrons. The lowest BCUT2D eigenvalue weighted by Gasteiger charge is -2.10. The van der Waals surface area contributed by atoms with Gasteiger partial charge in [0.25, 0.3) is 0 Å². The number of ketones is 1. The number of ether oxygens (including phenoxy) is 1. The highest BCUT2D eigenvalue weighted by atomic mass is 19.1. The highest BCUT2D eigenvalue weighted by Gasteiger charge is 2.08. The van der Waals surface area contributed by atoms with Crippen LogP contribution < -0.4 is 4.74 Å². The van der Waals surface area contributed by atoms with E-state index in [-0.39, 0.29) is 18.1 Å². The number of carbonyl (C=O) groups excluding carboxylic acids is 1. The first kappa shape index (κ1) is 34.0. The molecule has 38 heavy (non-hydrogen) atoms. The van der Waals surface area contributed by atoms with Crippen molar-refractivity contribution in [3.8, 4) is 5.75 Å². The van der Waals surface area contributed by atoms with E-state index < -0.39 is 17.8 Å². The Morgan fingerprint density at radius 2 is 1.68 bits per heavy atom. The molecular weight excluding hydrogens is 489 g/mol. The van der Waals surface area contributed by atoms with Crippen molar-refractivity contribution in [2.75, 3.05) is 26.7 Å². The van der Waals surface area contributed by atoms with Gasteiger partial charge in [0.05, 0.1) is 0 Å². The zero-order valence-electron chi connectivity index (χ0n) is 22.5. The van der Waals surface area contributed by atoms with Crippen molar-refractivity contribution in [2.45, 2.75) is 33.6 Å². The summed E-state index contributed by atoms with van der Waals surface area (Å²) < 4.78 is 19.7. The van der Waals surface area contributed by atoms with E-state index >= 15 is 0 Å². The molecule has 0 saturated heterocycles. The normalized spacial score (nSPS) is 11.5. The van der Waals surface area contributed by atoms with Gasteiger partial charge in [-0.3, -0.25) is 9.69 Å². The SMILES string of the molecule is C=CCN(C)CC=CCOc1ccc(C(=O)C=CC=C(C)CCC=C(C)C)cc1F.O=C(O)C=CC(=O)O. The minimum Gasteiger partial charge on any atom is -0.486 e. The van der Waals surface area contributed by atoms with E-state index in [1.807, 2.05) is 38.3 Å². The molecule has 0 aliphatic rings. The van der Waals surface area contributed by atoms with Crippen LogP contribution in [0.5, 0.6) is 5.75 Å². The van der Waals surface area contributed by atoms with Crippen LogP contribution in [0.25, 0.3) is 0 Å². The Hall–Kier alpha value is -4.04. The number of carboxylic acids is 2. The molecule has 0 atom stereocenters. The number of rotatable bonds is 15. The monoisotopic (exact) mass is 527 g/mol. The number of allylic oxidation sites excluding steroid dienone is 6. The Kier molecular flexibility index (Phi) is 17.9. The minimum atomic E-state index is -1.26. The topological polar surface area (TPSA) is 104 Å². The van der Waals surface area contributed by atoms with E-state index in [2.05, 4.69) is 31.4 Å². The fraction of sp³-hybridized carbons (Fsp3) is 0.300. The predicted molar refractivity (Wildman–Crippen MR) is 149 cm³/mol. The van der Waals surface area contributed by atoms with Gasteiger partial charge in [-0.05, 0) is 64.9 Å². The molecule has 0 unspecified atom stereocenters. The summed E-state index contributed by atoms with van der Waals surface area (Å²) in [6.45, 7) is 11.7. The lowest BCUT2D eigenvalue weighted by molar-refractivity contribution is -0.134. The standard InChI is InChI=1S/C26H34FNO2.C4H4O4/c1-6-17-28(5)18-7-8-19-30-26-16-15-23(20-24(26)27)25(29)14-10-13-22(4)12-9-11-21(2)3;5-3(6)1-2-4(7)8/h6-8,10-11,13-16,20H,1,9,12,17-19H2,2-5H3;1-2H,(H,5,6)(H,7,8).